The van der Waals surface area contributed by atoms with Gasteiger partial charge in [-0.1, -0.05) is 12.1 Å². The van der Waals surface area contributed by atoms with Crippen LogP contribution in [0.5, 0.6) is 0 Å². The van der Waals surface area contributed by atoms with Crippen molar-refractivity contribution in [3.05, 3.63) is 57.3 Å². The first kappa shape index (κ1) is 17.9. The van der Waals surface area contributed by atoms with Crippen LogP contribution in [-0.2, 0) is 11.0 Å². The van der Waals surface area contributed by atoms with E-state index in [9.17, 15) is 23.1 Å². The number of benzene rings is 1. The quantitative estimate of drug-likeness (QED) is 0.848. The zero-order chi connectivity index (χ0) is 18.2. The molecule has 1 aliphatic rings. The Bertz CT molecular complexity index is 754. The van der Waals surface area contributed by atoms with Crippen molar-refractivity contribution in [1.82, 2.24) is 4.90 Å². The summed E-state index contributed by atoms with van der Waals surface area (Å²) in [6, 6.07) is 6.05. The summed E-state index contributed by atoms with van der Waals surface area (Å²) in [4.78, 5) is 14.5. The zero-order valence-corrected chi connectivity index (χ0v) is 14.4. The van der Waals surface area contributed by atoms with Crippen LogP contribution in [0.1, 0.15) is 40.5 Å². The number of halogens is 3. The van der Waals surface area contributed by atoms with Gasteiger partial charge in [0.15, 0.2) is 0 Å². The molecule has 134 valence electrons. The van der Waals surface area contributed by atoms with Crippen LogP contribution >= 0.6 is 11.3 Å². The van der Waals surface area contributed by atoms with Gasteiger partial charge >= 0.3 is 12.1 Å². The van der Waals surface area contributed by atoms with Gasteiger partial charge in [-0.05, 0) is 54.5 Å². The van der Waals surface area contributed by atoms with Gasteiger partial charge in [0.1, 0.15) is 6.04 Å². The van der Waals surface area contributed by atoms with Crippen molar-refractivity contribution in [3.63, 3.8) is 0 Å². The Morgan fingerprint density at radius 2 is 1.96 bits per heavy atom. The summed E-state index contributed by atoms with van der Waals surface area (Å²) in [5.74, 6) is -0.886. The van der Waals surface area contributed by atoms with Gasteiger partial charge < -0.3 is 5.11 Å². The van der Waals surface area contributed by atoms with E-state index in [4.69, 9.17) is 0 Å². The molecule has 25 heavy (non-hydrogen) atoms. The number of hydrogen-bond donors (Lipinski definition) is 1. The molecule has 1 aromatic carbocycles. The first-order chi connectivity index (χ1) is 11.8. The molecule has 1 aliphatic heterocycles. The largest absolute Gasteiger partial charge is 0.480 e. The number of thiophene rings is 1. The molecular weight excluding hydrogens is 351 g/mol. The molecule has 0 aliphatic carbocycles. The number of aryl methyl sites for hydroxylation is 1. The van der Waals surface area contributed by atoms with Crippen molar-refractivity contribution in [2.24, 2.45) is 0 Å². The smallest absolute Gasteiger partial charge is 0.416 e. The Kier molecular flexibility index (Phi) is 4.88. The van der Waals surface area contributed by atoms with Crippen LogP contribution in [0, 0.1) is 6.92 Å². The average molecular weight is 369 g/mol. The first-order valence-electron chi connectivity index (χ1n) is 7.98. The topological polar surface area (TPSA) is 40.5 Å². The predicted octanol–water partition coefficient (Wildman–Crippen LogP) is 4.71. The van der Waals surface area contributed by atoms with Crippen molar-refractivity contribution in [2.45, 2.75) is 38.0 Å². The zero-order valence-electron chi connectivity index (χ0n) is 13.6. The number of nitrogens with zero attached hydrogens (tertiary/aromatic N) is 1. The highest BCUT2D eigenvalue weighted by molar-refractivity contribution is 7.10. The maximum Gasteiger partial charge on any atom is 0.416 e. The number of aliphatic carboxylic acids is 1. The van der Waals surface area contributed by atoms with Gasteiger partial charge in [0, 0.05) is 11.4 Å². The molecule has 1 N–H and O–H groups in total. The van der Waals surface area contributed by atoms with Gasteiger partial charge in [-0.3, -0.25) is 9.69 Å². The van der Waals surface area contributed by atoms with Crippen molar-refractivity contribution in [3.8, 4) is 0 Å². The third-order valence-electron chi connectivity index (χ3n) is 4.61. The van der Waals surface area contributed by atoms with E-state index in [1.165, 1.54) is 23.5 Å². The molecule has 2 heterocycles. The number of rotatable bonds is 4. The molecule has 1 aromatic heterocycles. The van der Waals surface area contributed by atoms with Crippen LogP contribution in [0.2, 0.25) is 0 Å². The fourth-order valence-corrected chi connectivity index (χ4v) is 4.45. The van der Waals surface area contributed by atoms with E-state index < -0.39 is 23.8 Å². The van der Waals surface area contributed by atoms with Gasteiger partial charge in [-0.25, -0.2) is 0 Å². The summed E-state index contributed by atoms with van der Waals surface area (Å²) < 4.78 is 38.5. The minimum absolute atomic E-state index is 0.342. The third kappa shape index (κ3) is 3.57. The Morgan fingerprint density at radius 3 is 2.48 bits per heavy atom. The number of alkyl halides is 3. The van der Waals surface area contributed by atoms with Crippen LogP contribution < -0.4 is 0 Å². The van der Waals surface area contributed by atoms with Gasteiger partial charge in [-0.2, -0.15) is 13.2 Å². The molecule has 3 rings (SSSR count). The molecule has 3 nitrogen and oxygen atoms in total. The van der Waals surface area contributed by atoms with Crippen LogP contribution in [0.15, 0.2) is 35.7 Å². The van der Waals surface area contributed by atoms with E-state index in [0.717, 1.165) is 29.0 Å². The van der Waals surface area contributed by atoms with Crippen LogP contribution in [-0.4, -0.2) is 28.6 Å². The molecule has 0 bridgehead atoms. The van der Waals surface area contributed by atoms with Crippen LogP contribution in [0.3, 0.4) is 0 Å². The van der Waals surface area contributed by atoms with Crippen LogP contribution in [0.4, 0.5) is 13.2 Å². The van der Waals surface area contributed by atoms with E-state index in [-0.39, 0.29) is 6.04 Å². The Labute approximate surface area is 147 Å². The summed E-state index contributed by atoms with van der Waals surface area (Å²) >= 11 is 1.51. The average Bonchev–Trinajstić information content (AvgIpc) is 3.18. The van der Waals surface area contributed by atoms with E-state index >= 15 is 0 Å². The molecule has 0 spiro atoms. The summed E-state index contributed by atoms with van der Waals surface area (Å²) in [6.07, 6.45) is -3.07. The highest BCUT2D eigenvalue weighted by atomic mass is 32.1. The van der Waals surface area contributed by atoms with Gasteiger partial charge in [0.05, 0.1) is 11.6 Å². The molecule has 2 aromatic rings. The summed E-state index contributed by atoms with van der Waals surface area (Å²) in [7, 11) is 0. The fourth-order valence-electron chi connectivity index (χ4n) is 3.38. The molecule has 0 radical (unpaired) electrons. The third-order valence-corrected chi connectivity index (χ3v) is 5.69. The molecular formula is C18H18F3NO2S. The van der Waals surface area contributed by atoms with Crippen molar-refractivity contribution in [2.75, 3.05) is 6.54 Å². The molecule has 1 saturated heterocycles. The second-order valence-electron chi connectivity index (χ2n) is 6.22. The maximum absolute atomic E-state index is 12.8. The number of carboxylic acid groups (broad SMARTS) is 1. The lowest BCUT2D eigenvalue weighted by Crippen LogP contribution is -2.39. The molecule has 1 fully saturated rings. The number of carbonyl (C=O) groups is 1. The molecule has 0 amide bonds. The van der Waals surface area contributed by atoms with E-state index in [2.05, 4.69) is 0 Å². The van der Waals surface area contributed by atoms with E-state index in [1.807, 2.05) is 23.3 Å². The van der Waals surface area contributed by atoms with Gasteiger partial charge in [0.2, 0.25) is 0 Å². The maximum atomic E-state index is 12.8. The van der Waals surface area contributed by atoms with E-state index in [0.29, 0.717) is 18.5 Å². The monoisotopic (exact) mass is 369 g/mol. The molecule has 0 saturated carbocycles. The second-order valence-corrected chi connectivity index (χ2v) is 7.17. The van der Waals surface area contributed by atoms with E-state index in [1.54, 1.807) is 0 Å². The highest BCUT2D eigenvalue weighted by Crippen LogP contribution is 2.39. The molecule has 2 atom stereocenters. The second kappa shape index (κ2) is 6.80. The number of likely N-dealkylation sites (tertiary alicyclic amines) is 1. The lowest BCUT2D eigenvalue weighted by molar-refractivity contribution is -0.142. The standard InChI is InChI=1S/C18H18F3NO2S/c1-11-8-10-25-16(11)15(22-9-2-3-14(22)17(23)24)12-4-6-13(7-5-12)18(19,20)21/h4-8,10,14-15H,2-3,9H2,1H3,(H,23,24). The molecule has 7 heteroatoms. The summed E-state index contributed by atoms with van der Waals surface area (Å²) in [6.45, 7) is 2.55. The Balaban J connectivity index is 2.03. The predicted molar refractivity (Wildman–Crippen MR) is 89.7 cm³/mol. The lowest BCUT2D eigenvalue weighted by Gasteiger charge is -2.31. The van der Waals surface area contributed by atoms with Crippen LogP contribution in [0.25, 0.3) is 0 Å². The number of carboxylic acids is 1. The van der Waals surface area contributed by atoms with Gasteiger partial charge in [-0.15, -0.1) is 11.3 Å². The number of hydrogen-bond acceptors (Lipinski definition) is 3. The highest BCUT2D eigenvalue weighted by Gasteiger charge is 2.38. The minimum atomic E-state index is -4.38. The Morgan fingerprint density at radius 1 is 1.28 bits per heavy atom. The van der Waals surface area contributed by atoms with Crippen molar-refractivity contribution >= 4 is 17.3 Å². The van der Waals surface area contributed by atoms with Gasteiger partial charge in [0.25, 0.3) is 0 Å². The Hall–Kier alpha value is -1.86. The normalized spacial score (nSPS) is 19.9. The minimum Gasteiger partial charge on any atom is -0.480 e. The lowest BCUT2D eigenvalue weighted by atomic mass is 9.99. The fraction of sp³-hybridized carbons (Fsp3) is 0.389. The summed E-state index contributed by atoms with van der Waals surface area (Å²) in [5, 5.41) is 11.4. The first-order valence-corrected chi connectivity index (χ1v) is 8.86. The SMILES string of the molecule is Cc1ccsc1C(c1ccc(C(F)(F)F)cc1)N1CCCC1C(=O)O. The van der Waals surface area contributed by atoms with Crippen molar-refractivity contribution < 1.29 is 23.1 Å². The molecule has 2 unspecified atom stereocenters. The summed E-state index contributed by atoms with van der Waals surface area (Å²) in [5.41, 5.74) is 1.01. The van der Waals surface area contributed by atoms with Crippen molar-refractivity contribution in [1.29, 1.82) is 0 Å².